The Hall–Kier alpha value is -3.25. The molecule has 0 fully saturated rings. The molecule has 0 unspecified atom stereocenters. The summed E-state index contributed by atoms with van der Waals surface area (Å²) >= 11 is 13.0. The van der Waals surface area contributed by atoms with Gasteiger partial charge in [0.25, 0.3) is 15.6 Å². The number of anilines is 2. The number of pyridine rings is 1. The minimum absolute atomic E-state index is 0.0512. The first-order valence-corrected chi connectivity index (χ1v) is 13.2. The number of fused-ring (bicyclic) bond motifs is 2. The zero-order valence-electron chi connectivity index (χ0n) is 17.6. The fourth-order valence-electron chi connectivity index (χ4n) is 3.87. The van der Waals surface area contributed by atoms with Gasteiger partial charge in [0, 0.05) is 29.4 Å². The van der Waals surface area contributed by atoms with Crippen molar-refractivity contribution in [1.29, 1.82) is 0 Å². The van der Waals surface area contributed by atoms with E-state index in [1.165, 1.54) is 36.4 Å². The van der Waals surface area contributed by atoms with Crippen LogP contribution in [0, 0.1) is 0 Å². The zero-order valence-corrected chi connectivity index (χ0v) is 20.8. The van der Waals surface area contributed by atoms with Crippen LogP contribution >= 0.6 is 34.5 Å². The lowest BCUT2D eigenvalue weighted by atomic mass is 10.1. The Kier molecular flexibility index (Phi) is 5.88. The van der Waals surface area contributed by atoms with E-state index in [1.807, 2.05) is 16.9 Å². The van der Waals surface area contributed by atoms with E-state index in [9.17, 15) is 23.1 Å². The van der Waals surface area contributed by atoms with E-state index in [4.69, 9.17) is 23.2 Å². The highest BCUT2D eigenvalue weighted by Gasteiger charge is 2.21. The molecule has 180 valence electrons. The largest absolute Gasteiger partial charge is 0.494 e. The lowest BCUT2D eigenvalue weighted by Crippen LogP contribution is -2.33. The summed E-state index contributed by atoms with van der Waals surface area (Å²) in [6.45, 7) is 0.785. The molecule has 0 saturated carbocycles. The van der Waals surface area contributed by atoms with Gasteiger partial charge in [-0.25, -0.2) is 22.5 Å². The number of hydrogen-bond acceptors (Lipinski definition) is 7. The monoisotopic (exact) mass is 550 g/mol. The zero-order chi connectivity index (χ0) is 24.9. The molecule has 9 nitrogen and oxygen atoms in total. The van der Waals surface area contributed by atoms with Crippen LogP contribution in [0.4, 0.5) is 16.2 Å². The van der Waals surface area contributed by atoms with Crippen molar-refractivity contribution in [3.8, 4) is 11.6 Å². The van der Waals surface area contributed by atoms with Crippen LogP contribution in [0.25, 0.3) is 16.5 Å². The summed E-state index contributed by atoms with van der Waals surface area (Å²) < 4.78 is 27.7. The smallest absolute Gasteiger partial charge is 0.333 e. The average Bonchev–Trinajstić information content (AvgIpc) is 3.42. The van der Waals surface area contributed by atoms with Crippen molar-refractivity contribution < 1.29 is 18.3 Å². The molecular weight excluding hydrogens is 535 g/mol. The lowest BCUT2D eigenvalue weighted by Gasteiger charge is -2.15. The lowest BCUT2D eigenvalue weighted by molar-refractivity contribution is 0.256. The Bertz CT molecular complexity index is 1680. The molecule has 0 radical (unpaired) electrons. The van der Waals surface area contributed by atoms with Gasteiger partial charge in [-0.15, -0.1) is 11.3 Å². The molecule has 0 spiro atoms. The van der Waals surface area contributed by atoms with Gasteiger partial charge in [-0.1, -0.05) is 23.2 Å². The van der Waals surface area contributed by atoms with Crippen LogP contribution in [0.1, 0.15) is 5.56 Å². The first-order chi connectivity index (χ1) is 16.6. The van der Waals surface area contributed by atoms with Gasteiger partial charge < -0.3 is 15.7 Å². The number of halogens is 2. The van der Waals surface area contributed by atoms with E-state index in [0.29, 0.717) is 10.8 Å². The summed E-state index contributed by atoms with van der Waals surface area (Å²) in [5.74, 6) is -0.261. The molecule has 2 aromatic carbocycles. The van der Waals surface area contributed by atoms with Crippen molar-refractivity contribution in [3.63, 3.8) is 0 Å². The van der Waals surface area contributed by atoms with Crippen molar-refractivity contribution in [2.75, 3.05) is 17.2 Å². The van der Waals surface area contributed by atoms with Crippen LogP contribution in [0.15, 0.2) is 57.5 Å². The molecule has 0 aliphatic carbocycles. The van der Waals surface area contributed by atoms with Crippen molar-refractivity contribution in [2.45, 2.75) is 10.6 Å². The normalized spacial score (nSPS) is 12.9. The summed E-state index contributed by atoms with van der Waals surface area (Å²) in [6, 6.07) is 11.0. The van der Waals surface area contributed by atoms with E-state index in [1.54, 1.807) is 0 Å². The maximum atomic E-state index is 12.8. The highest BCUT2D eigenvalue weighted by molar-refractivity contribution is 7.92. The molecule has 35 heavy (non-hydrogen) atoms. The van der Waals surface area contributed by atoms with E-state index in [0.717, 1.165) is 40.1 Å². The Morgan fingerprint density at radius 2 is 1.91 bits per heavy atom. The molecule has 13 heteroatoms. The van der Waals surface area contributed by atoms with Crippen LogP contribution in [0.2, 0.25) is 9.36 Å². The quantitative estimate of drug-likeness (QED) is 0.295. The number of nitrogens with one attached hydrogen (secondary N) is 3. The fourth-order valence-corrected chi connectivity index (χ4v) is 6.52. The second-order valence-electron chi connectivity index (χ2n) is 7.70. The number of carbonyl (C=O) groups is 1. The summed E-state index contributed by atoms with van der Waals surface area (Å²) in [5.41, 5.74) is 1.85. The van der Waals surface area contributed by atoms with Crippen LogP contribution < -0.4 is 20.9 Å². The van der Waals surface area contributed by atoms with Gasteiger partial charge in [0.1, 0.15) is 4.21 Å². The molecule has 1 aliphatic rings. The Morgan fingerprint density at radius 1 is 1.11 bits per heavy atom. The SMILES string of the molecule is O=C(Nc1ccc(-n2c(O)c3cc4c(cc3cc2=O)NCC4)c(Cl)c1)NS(=O)(=O)c1ccc(Cl)s1. The van der Waals surface area contributed by atoms with Gasteiger partial charge in [-0.2, -0.15) is 0 Å². The molecule has 1 aliphatic heterocycles. The van der Waals surface area contributed by atoms with Crippen molar-refractivity contribution in [1.82, 2.24) is 9.29 Å². The maximum Gasteiger partial charge on any atom is 0.333 e. The van der Waals surface area contributed by atoms with Gasteiger partial charge in [0.2, 0.25) is 5.88 Å². The molecule has 2 amide bonds. The third-order valence-electron chi connectivity index (χ3n) is 5.42. The highest BCUT2D eigenvalue weighted by Crippen LogP contribution is 2.34. The molecular formula is C22H16Cl2N4O5S2. The standard InChI is InChI=1S/C22H16Cl2N4O5S2/c23-15-10-13(26-22(31)27-35(32,33)20-4-3-18(24)34-20)1-2-17(15)28-19(29)9-12-8-16-11(5-6-25-16)7-14(12)21(28)30/h1-4,7-10,25,30H,5-6H2,(H2,26,27,31). The summed E-state index contributed by atoms with van der Waals surface area (Å²) in [7, 11) is -4.10. The Labute approximate surface area is 213 Å². The Morgan fingerprint density at radius 3 is 2.63 bits per heavy atom. The summed E-state index contributed by atoms with van der Waals surface area (Å²) in [6.07, 6.45) is 0.808. The number of sulfonamides is 1. The van der Waals surface area contributed by atoms with Gasteiger partial charge >= 0.3 is 6.03 Å². The third kappa shape index (κ3) is 4.43. The second kappa shape index (κ2) is 8.76. The summed E-state index contributed by atoms with van der Waals surface area (Å²) in [5, 5.41) is 17.7. The number of rotatable bonds is 4. The van der Waals surface area contributed by atoms with Gasteiger partial charge in [-0.3, -0.25) is 4.79 Å². The number of carbonyl (C=O) groups excluding carboxylic acids is 1. The highest BCUT2D eigenvalue weighted by atomic mass is 35.5. The number of aromatic nitrogens is 1. The van der Waals surface area contributed by atoms with Crippen molar-refractivity contribution in [2.24, 2.45) is 0 Å². The predicted molar refractivity (Wildman–Crippen MR) is 137 cm³/mol. The van der Waals surface area contributed by atoms with Crippen LogP contribution in [0.3, 0.4) is 0 Å². The molecule has 0 saturated heterocycles. The molecule has 5 rings (SSSR count). The number of benzene rings is 2. The van der Waals surface area contributed by atoms with Crippen molar-refractivity contribution >= 4 is 72.7 Å². The average molecular weight is 551 g/mol. The number of thiophene rings is 1. The predicted octanol–water partition coefficient (Wildman–Crippen LogP) is 4.54. The maximum absolute atomic E-state index is 12.8. The number of hydrogen-bond donors (Lipinski definition) is 4. The minimum Gasteiger partial charge on any atom is -0.494 e. The van der Waals surface area contributed by atoms with E-state index < -0.39 is 21.6 Å². The van der Waals surface area contributed by atoms with Gasteiger partial charge in [0.15, 0.2) is 0 Å². The second-order valence-corrected chi connectivity index (χ2v) is 11.7. The summed E-state index contributed by atoms with van der Waals surface area (Å²) in [4.78, 5) is 25.1. The van der Waals surface area contributed by atoms with E-state index >= 15 is 0 Å². The molecule has 0 bridgehead atoms. The van der Waals surface area contributed by atoms with Crippen LogP contribution in [0.5, 0.6) is 5.88 Å². The van der Waals surface area contributed by atoms with Crippen LogP contribution in [-0.4, -0.2) is 30.7 Å². The van der Waals surface area contributed by atoms with Crippen molar-refractivity contribution in [3.05, 3.63) is 73.8 Å². The molecule has 2 aromatic heterocycles. The topological polar surface area (TPSA) is 130 Å². The van der Waals surface area contributed by atoms with Gasteiger partial charge in [0.05, 0.1) is 15.0 Å². The number of amides is 2. The fraction of sp³-hybridized carbons (Fsp3) is 0.0909. The third-order valence-corrected chi connectivity index (χ3v) is 8.78. The first-order valence-electron chi connectivity index (χ1n) is 10.2. The molecule has 3 heterocycles. The molecule has 0 atom stereocenters. The number of urea groups is 1. The molecule has 4 N–H and O–H groups in total. The Balaban J connectivity index is 1.43. The molecule has 4 aromatic rings. The van der Waals surface area contributed by atoms with E-state index in [2.05, 4.69) is 10.6 Å². The van der Waals surface area contributed by atoms with Crippen LogP contribution in [-0.2, 0) is 16.4 Å². The first kappa shape index (κ1) is 23.5. The number of aromatic hydroxyl groups is 1. The van der Waals surface area contributed by atoms with Gasteiger partial charge in [-0.05, 0) is 59.8 Å². The van der Waals surface area contributed by atoms with E-state index in [-0.39, 0.29) is 30.8 Å². The number of nitrogens with zero attached hydrogens (tertiary/aromatic N) is 1. The minimum atomic E-state index is -4.10.